The fourth-order valence-electron chi connectivity index (χ4n) is 3.50. The van der Waals surface area contributed by atoms with Crippen molar-refractivity contribution in [3.8, 4) is 17.2 Å². The Bertz CT molecular complexity index is 937. The van der Waals surface area contributed by atoms with Gasteiger partial charge in [-0.1, -0.05) is 19.0 Å². The normalized spacial score (nSPS) is 20.5. The molecule has 1 aromatic carbocycles. The van der Waals surface area contributed by atoms with E-state index in [2.05, 4.69) is 24.0 Å². The molecule has 1 aromatic heterocycles. The largest absolute Gasteiger partial charge is 0.486 e. The Balaban J connectivity index is 1.64. The number of hydrogen-bond donors (Lipinski definition) is 0. The van der Waals surface area contributed by atoms with Crippen molar-refractivity contribution < 1.29 is 18.8 Å². The predicted octanol–water partition coefficient (Wildman–Crippen LogP) is 4.79. The molecular formula is C21H22N2O4. The molecule has 0 spiro atoms. The first-order chi connectivity index (χ1) is 13.0. The van der Waals surface area contributed by atoms with Crippen molar-refractivity contribution >= 4 is 5.78 Å². The molecule has 6 nitrogen and oxygen atoms in total. The number of hydrogen-bond acceptors (Lipinski definition) is 6. The predicted molar refractivity (Wildman–Crippen MR) is 99.3 cm³/mol. The highest BCUT2D eigenvalue weighted by Gasteiger charge is 2.38. The number of benzene rings is 1. The third-order valence-electron chi connectivity index (χ3n) is 5.32. The van der Waals surface area contributed by atoms with Crippen molar-refractivity contribution in [2.24, 2.45) is 0 Å². The number of Topliss-reactive ketones (excluding diaryl/α,β-unsaturated/α-hetero) is 1. The number of nitrogens with zero attached hydrogens (tertiary/aromatic N) is 2. The summed E-state index contributed by atoms with van der Waals surface area (Å²) in [6, 6.07) is 5.46. The van der Waals surface area contributed by atoms with Crippen LogP contribution >= 0.6 is 0 Å². The number of aromatic nitrogens is 2. The molecule has 0 aliphatic carbocycles. The topological polar surface area (TPSA) is 74.5 Å². The van der Waals surface area contributed by atoms with Crippen LogP contribution in [0.3, 0.4) is 0 Å². The van der Waals surface area contributed by atoms with Gasteiger partial charge in [0.15, 0.2) is 11.6 Å². The molecule has 2 aliphatic heterocycles. The van der Waals surface area contributed by atoms with E-state index in [1.54, 1.807) is 12.3 Å². The van der Waals surface area contributed by atoms with E-state index < -0.39 is 5.60 Å². The third kappa shape index (κ3) is 3.16. The van der Waals surface area contributed by atoms with Gasteiger partial charge in [0.25, 0.3) is 5.89 Å². The van der Waals surface area contributed by atoms with E-state index in [1.165, 1.54) is 0 Å². The fourth-order valence-corrected chi connectivity index (χ4v) is 3.50. The Kier molecular flexibility index (Phi) is 4.34. The van der Waals surface area contributed by atoms with Gasteiger partial charge in [-0.15, -0.1) is 0 Å². The van der Waals surface area contributed by atoms with Crippen LogP contribution in [0.4, 0.5) is 0 Å². The third-order valence-corrected chi connectivity index (χ3v) is 5.32. The Morgan fingerprint density at radius 2 is 2.07 bits per heavy atom. The van der Waals surface area contributed by atoms with E-state index in [9.17, 15) is 4.79 Å². The van der Waals surface area contributed by atoms with E-state index in [0.717, 1.165) is 18.6 Å². The van der Waals surface area contributed by atoms with Gasteiger partial charge in [-0.05, 0) is 50.1 Å². The van der Waals surface area contributed by atoms with Crippen LogP contribution in [0.2, 0.25) is 0 Å². The van der Waals surface area contributed by atoms with Crippen molar-refractivity contribution in [1.82, 2.24) is 10.1 Å². The van der Waals surface area contributed by atoms with Crippen molar-refractivity contribution in [2.75, 3.05) is 0 Å². The highest BCUT2D eigenvalue weighted by atomic mass is 16.5. The molecule has 0 fully saturated rings. The monoisotopic (exact) mass is 366 g/mol. The van der Waals surface area contributed by atoms with Gasteiger partial charge >= 0.3 is 0 Å². The van der Waals surface area contributed by atoms with E-state index in [0.29, 0.717) is 35.0 Å². The molecule has 140 valence electrons. The van der Waals surface area contributed by atoms with Gasteiger partial charge in [0.05, 0.1) is 29.9 Å². The lowest BCUT2D eigenvalue weighted by atomic mass is 9.85. The maximum atomic E-state index is 12.7. The van der Waals surface area contributed by atoms with E-state index in [1.807, 2.05) is 31.2 Å². The SMILES string of the molecule is CCC1(CC)CC(=O)c2cc(-c3nc(C4C=COC(C)=C4)no3)ccc2O1. The molecule has 0 N–H and O–H groups in total. The van der Waals surface area contributed by atoms with Crippen LogP contribution in [0.25, 0.3) is 11.5 Å². The van der Waals surface area contributed by atoms with Crippen LogP contribution < -0.4 is 4.74 Å². The average molecular weight is 366 g/mol. The quantitative estimate of drug-likeness (QED) is 0.774. The number of carbonyl (C=O) groups excluding carboxylic acids is 1. The highest BCUT2D eigenvalue weighted by molar-refractivity contribution is 6.01. The van der Waals surface area contributed by atoms with E-state index in [-0.39, 0.29) is 11.7 Å². The second kappa shape index (κ2) is 6.68. The molecule has 1 atom stereocenters. The average Bonchev–Trinajstić information content (AvgIpc) is 3.18. The molecule has 2 aromatic rings. The number of ketones is 1. The first-order valence-electron chi connectivity index (χ1n) is 9.25. The molecule has 0 amide bonds. The Morgan fingerprint density at radius 3 is 2.81 bits per heavy atom. The second-order valence-electron chi connectivity index (χ2n) is 7.01. The molecule has 6 heteroatoms. The van der Waals surface area contributed by atoms with Gasteiger partial charge in [0.2, 0.25) is 0 Å². The smallest absolute Gasteiger partial charge is 0.257 e. The first kappa shape index (κ1) is 17.5. The minimum atomic E-state index is -0.400. The number of rotatable bonds is 4. The Morgan fingerprint density at radius 1 is 1.26 bits per heavy atom. The second-order valence-corrected chi connectivity index (χ2v) is 7.01. The summed E-state index contributed by atoms with van der Waals surface area (Å²) in [7, 11) is 0. The molecule has 27 heavy (non-hydrogen) atoms. The summed E-state index contributed by atoms with van der Waals surface area (Å²) in [5.41, 5.74) is 0.885. The van der Waals surface area contributed by atoms with Crippen molar-refractivity contribution in [2.45, 2.75) is 51.6 Å². The van der Waals surface area contributed by atoms with Gasteiger partial charge in [-0.3, -0.25) is 4.79 Å². The summed E-state index contributed by atoms with van der Waals surface area (Å²) in [6.07, 6.45) is 7.40. The lowest BCUT2D eigenvalue weighted by molar-refractivity contribution is 0.0350. The van der Waals surface area contributed by atoms with Crippen LogP contribution in [-0.2, 0) is 4.74 Å². The zero-order chi connectivity index (χ0) is 19.0. The zero-order valence-electron chi connectivity index (χ0n) is 15.7. The zero-order valence-corrected chi connectivity index (χ0v) is 15.7. The molecule has 0 radical (unpaired) electrons. The number of fused-ring (bicyclic) bond motifs is 1. The number of allylic oxidation sites excluding steroid dienone is 3. The van der Waals surface area contributed by atoms with Crippen molar-refractivity contribution in [1.29, 1.82) is 0 Å². The maximum Gasteiger partial charge on any atom is 0.257 e. The number of carbonyl (C=O) groups is 1. The summed E-state index contributed by atoms with van der Waals surface area (Å²) in [5, 5.41) is 4.08. The summed E-state index contributed by atoms with van der Waals surface area (Å²) in [4.78, 5) is 17.2. The van der Waals surface area contributed by atoms with Crippen LogP contribution in [0, 0.1) is 0 Å². The van der Waals surface area contributed by atoms with Crippen molar-refractivity contribution in [3.05, 3.63) is 53.8 Å². The molecule has 0 saturated heterocycles. The lowest BCUT2D eigenvalue weighted by Gasteiger charge is -2.36. The molecule has 2 aliphatic rings. The molecule has 4 rings (SSSR count). The minimum Gasteiger partial charge on any atom is -0.486 e. The van der Waals surface area contributed by atoms with Gasteiger partial charge in [0, 0.05) is 5.56 Å². The molecular weight excluding hydrogens is 344 g/mol. The minimum absolute atomic E-state index is 0.0893. The van der Waals surface area contributed by atoms with Crippen LogP contribution in [-0.4, -0.2) is 21.5 Å². The lowest BCUT2D eigenvalue weighted by Crippen LogP contribution is -2.40. The Labute approximate surface area is 157 Å². The summed E-state index contributed by atoms with van der Waals surface area (Å²) >= 11 is 0. The molecule has 0 saturated carbocycles. The van der Waals surface area contributed by atoms with Crippen LogP contribution in [0.1, 0.15) is 62.1 Å². The van der Waals surface area contributed by atoms with Gasteiger partial charge < -0.3 is 14.0 Å². The fraction of sp³-hybridized carbons (Fsp3) is 0.381. The summed E-state index contributed by atoms with van der Waals surface area (Å²) in [6.45, 7) is 5.98. The first-order valence-corrected chi connectivity index (χ1v) is 9.25. The van der Waals surface area contributed by atoms with Crippen molar-refractivity contribution in [3.63, 3.8) is 0 Å². The van der Waals surface area contributed by atoms with Gasteiger partial charge in [-0.25, -0.2) is 0 Å². The molecule has 0 bridgehead atoms. The van der Waals surface area contributed by atoms with Gasteiger partial charge in [-0.2, -0.15) is 4.98 Å². The Hall–Kier alpha value is -2.89. The number of ether oxygens (including phenoxy) is 2. The molecule has 3 heterocycles. The summed E-state index contributed by atoms with van der Waals surface area (Å²) in [5.74, 6) is 2.36. The van der Waals surface area contributed by atoms with E-state index in [4.69, 9.17) is 14.0 Å². The van der Waals surface area contributed by atoms with E-state index >= 15 is 0 Å². The highest BCUT2D eigenvalue weighted by Crippen LogP contribution is 2.39. The van der Waals surface area contributed by atoms with Crippen LogP contribution in [0.15, 0.2) is 46.9 Å². The molecule has 1 unspecified atom stereocenters. The standard InChI is InChI=1S/C21H22N2O4/c1-4-21(5-2)12-17(24)16-11-15(6-7-18(16)26-21)20-22-19(23-27-20)14-8-9-25-13(3)10-14/h6-11,14H,4-5,12H2,1-3H3. The van der Waals surface area contributed by atoms with Gasteiger partial charge in [0.1, 0.15) is 11.4 Å². The summed E-state index contributed by atoms with van der Waals surface area (Å²) < 4.78 is 16.9. The maximum absolute atomic E-state index is 12.7. The van der Waals surface area contributed by atoms with Crippen LogP contribution in [0.5, 0.6) is 5.75 Å².